The van der Waals surface area contributed by atoms with Crippen molar-refractivity contribution < 1.29 is 4.74 Å². The quantitative estimate of drug-likeness (QED) is 0.699. The summed E-state index contributed by atoms with van der Waals surface area (Å²) in [7, 11) is 0. The highest BCUT2D eigenvalue weighted by atomic mass is 16.5. The summed E-state index contributed by atoms with van der Waals surface area (Å²) < 4.78 is 5.49. The zero-order chi connectivity index (χ0) is 12.6. The van der Waals surface area contributed by atoms with Crippen molar-refractivity contribution in [3.05, 3.63) is 12.7 Å². The molecule has 0 fully saturated rings. The van der Waals surface area contributed by atoms with Crippen molar-refractivity contribution in [2.75, 3.05) is 25.1 Å². The van der Waals surface area contributed by atoms with Crippen LogP contribution in [-0.2, 0) is 4.74 Å². The normalized spacial score (nSPS) is 10.9. The van der Waals surface area contributed by atoms with Crippen LogP contribution in [0.5, 0.6) is 0 Å². The van der Waals surface area contributed by atoms with Crippen molar-refractivity contribution >= 4 is 17.0 Å². The van der Waals surface area contributed by atoms with Gasteiger partial charge in [-0.25, -0.2) is 15.0 Å². The first-order valence-corrected chi connectivity index (χ1v) is 6.37. The van der Waals surface area contributed by atoms with Crippen LogP contribution >= 0.6 is 0 Å². The predicted octanol–water partition coefficient (Wildman–Crippen LogP) is 1.97. The molecule has 0 atom stereocenters. The molecule has 0 radical (unpaired) electrons. The Bertz CT molecular complexity index is 470. The third-order valence-electron chi connectivity index (χ3n) is 2.62. The van der Waals surface area contributed by atoms with Crippen molar-refractivity contribution in [3.8, 4) is 0 Å². The lowest BCUT2D eigenvalue weighted by atomic mass is 10.3. The third kappa shape index (κ3) is 3.40. The molecule has 0 saturated carbocycles. The highest BCUT2D eigenvalue weighted by Gasteiger charge is 2.04. The van der Waals surface area contributed by atoms with Crippen LogP contribution in [0.3, 0.4) is 0 Å². The van der Waals surface area contributed by atoms with Gasteiger partial charge in [0.15, 0.2) is 11.5 Å². The van der Waals surface area contributed by atoms with E-state index in [1.54, 1.807) is 6.33 Å². The first-order chi connectivity index (χ1) is 8.92. The number of hydrogen-bond acceptors (Lipinski definition) is 5. The Balaban J connectivity index is 1.72. The Morgan fingerprint density at radius 2 is 2.11 bits per heavy atom. The molecule has 0 saturated heterocycles. The maximum absolute atomic E-state index is 5.49. The molecule has 2 N–H and O–H groups in total. The van der Waals surface area contributed by atoms with Crippen LogP contribution in [0.2, 0.25) is 0 Å². The Morgan fingerprint density at radius 1 is 1.22 bits per heavy atom. The largest absolute Gasteiger partial charge is 0.381 e. The fourth-order valence-electron chi connectivity index (χ4n) is 1.63. The molecular weight excluding hydrogens is 230 g/mol. The van der Waals surface area contributed by atoms with E-state index in [0.29, 0.717) is 5.65 Å². The maximum atomic E-state index is 5.49. The third-order valence-corrected chi connectivity index (χ3v) is 2.62. The first kappa shape index (κ1) is 12.8. The summed E-state index contributed by atoms with van der Waals surface area (Å²) in [4.78, 5) is 15.4. The number of aromatic amines is 1. The van der Waals surface area contributed by atoms with Crippen molar-refractivity contribution in [2.45, 2.75) is 26.2 Å². The first-order valence-electron chi connectivity index (χ1n) is 6.37. The molecule has 0 amide bonds. The summed E-state index contributed by atoms with van der Waals surface area (Å²) in [5.41, 5.74) is 1.54. The summed E-state index contributed by atoms with van der Waals surface area (Å²) in [5, 5.41) is 3.26. The number of unbranched alkanes of at least 4 members (excludes halogenated alkanes) is 1. The lowest BCUT2D eigenvalue weighted by molar-refractivity contribution is 0.131. The van der Waals surface area contributed by atoms with Crippen LogP contribution in [0.1, 0.15) is 26.2 Å². The molecule has 6 heteroatoms. The number of nitrogens with one attached hydrogen (secondary N) is 2. The van der Waals surface area contributed by atoms with E-state index >= 15 is 0 Å². The van der Waals surface area contributed by atoms with E-state index in [1.165, 1.54) is 12.7 Å². The number of anilines is 1. The number of aromatic nitrogens is 4. The number of hydrogen-bond donors (Lipinski definition) is 2. The molecule has 0 unspecified atom stereocenters. The van der Waals surface area contributed by atoms with Gasteiger partial charge >= 0.3 is 0 Å². The molecular formula is C12H19N5O. The predicted molar refractivity (Wildman–Crippen MR) is 70.5 cm³/mol. The molecule has 0 spiro atoms. The van der Waals surface area contributed by atoms with Crippen LogP contribution in [0.25, 0.3) is 11.2 Å². The Morgan fingerprint density at radius 3 is 3.00 bits per heavy atom. The number of H-pyrrole nitrogens is 1. The van der Waals surface area contributed by atoms with Crippen LogP contribution < -0.4 is 5.32 Å². The van der Waals surface area contributed by atoms with E-state index in [9.17, 15) is 0 Å². The summed E-state index contributed by atoms with van der Waals surface area (Å²) in [5.74, 6) is 0.797. The van der Waals surface area contributed by atoms with E-state index < -0.39 is 0 Å². The standard InChI is InChI=1S/C12H19N5O/c1-2-3-6-18-7-4-5-13-11-10-12(15-8-14-10)17-9-16-11/h8-9H,2-7H2,1H3,(H2,13,14,15,16,17). The summed E-state index contributed by atoms with van der Waals surface area (Å²) in [6, 6.07) is 0. The van der Waals surface area contributed by atoms with Gasteiger partial charge < -0.3 is 15.0 Å². The second-order valence-corrected chi connectivity index (χ2v) is 4.07. The molecule has 0 aliphatic heterocycles. The number of fused-ring (bicyclic) bond motifs is 1. The Kier molecular flexibility index (Phi) is 4.89. The second-order valence-electron chi connectivity index (χ2n) is 4.07. The van der Waals surface area contributed by atoms with E-state index in [0.717, 1.165) is 43.9 Å². The average Bonchev–Trinajstić information content (AvgIpc) is 2.86. The smallest absolute Gasteiger partial charge is 0.182 e. The maximum Gasteiger partial charge on any atom is 0.182 e. The van der Waals surface area contributed by atoms with Gasteiger partial charge in [0.05, 0.1) is 6.33 Å². The summed E-state index contributed by atoms with van der Waals surface area (Å²) >= 11 is 0. The minimum Gasteiger partial charge on any atom is -0.381 e. The molecule has 0 aliphatic carbocycles. The molecule has 18 heavy (non-hydrogen) atoms. The minimum atomic E-state index is 0.687. The Labute approximate surface area is 106 Å². The zero-order valence-electron chi connectivity index (χ0n) is 10.6. The molecule has 0 aromatic carbocycles. The SMILES string of the molecule is CCCCOCCCNc1ncnc2nc[nH]c12. The molecule has 2 heterocycles. The van der Waals surface area contributed by atoms with Gasteiger partial charge in [0, 0.05) is 19.8 Å². The molecule has 2 rings (SSSR count). The summed E-state index contributed by atoms with van der Waals surface area (Å²) in [6.45, 7) is 4.63. The van der Waals surface area contributed by atoms with Crippen molar-refractivity contribution in [1.82, 2.24) is 19.9 Å². The van der Waals surface area contributed by atoms with E-state index in [2.05, 4.69) is 32.2 Å². The van der Waals surface area contributed by atoms with Gasteiger partial charge in [-0.05, 0) is 12.8 Å². The molecule has 2 aromatic rings. The van der Waals surface area contributed by atoms with Gasteiger partial charge in [-0.2, -0.15) is 0 Å². The van der Waals surface area contributed by atoms with Gasteiger partial charge in [0.2, 0.25) is 0 Å². The van der Waals surface area contributed by atoms with Gasteiger partial charge in [-0.1, -0.05) is 13.3 Å². The fourth-order valence-corrected chi connectivity index (χ4v) is 1.63. The lowest BCUT2D eigenvalue weighted by Crippen LogP contribution is -2.08. The average molecular weight is 249 g/mol. The minimum absolute atomic E-state index is 0.687. The van der Waals surface area contributed by atoms with Crippen LogP contribution in [-0.4, -0.2) is 39.7 Å². The van der Waals surface area contributed by atoms with Crippen LogP contribution in [0.15, 0.2) is 12.7 Å². The molecule has 0 bridgehead atoms. The van der Waals surface area contributed by atoms with Crippen LogP contribution in [0.4, 0.5) is 5.82 Å². The van der Waals surface area contributed by atoms with E-state index in [4.69, 9.17) is 4.74 Å². The van der Waals surface area contributed by atoms with Gasteiger partial charge in [0.25, 0.3) is 0 Å². The van der Waals surface area contributed by atoms with Crippen molar-refractivity contribution in [3.63, 3.8) is 0 Å². The van der Waals surface area contributed by atoms with Crippen LogP contribution in [0, 0.1) is 0 Å². The van der Waals surface area contributed by atoms with Gasteiger partial charge in [-0.3, -0.25) is 0 Å². The second kappa shape index (κ2) is 6.90. The van der Waals surface area contributed by atoms with E-state index in [1.807, 2.05) is 0 Å². The number of rotatable bonds is 8. The lowest BCUT2D eigenvalue weighted by Gasteiger charge is -2.06. The number of imidazole rings is 1. The monoisotopic (exact) mass is 249 g/mol. The van der Waals surface area contributed by atoms with E-state index in [-0.39, 0.29) is 0 Å². The fraction of sp³-hybridized carbons (Fsp3) is 0.583. The number of nitrogens with zero attached hydrogens (tertiary/aromatic N) is 3. The topological polar surface area (TPSA) is 75.7 Å². The zero-order valence-corrected chi connectivity index (χ0v) is 10.6. The highest BCUT2D eigenvalue weighted by molar-refractivity contribution is 5.81. The molecule has 0 aliphatic rings. The van der Waals surface area contributed by atoms with Crippen molar-refractivity contribution in [2.24, 2.45) is 0 Å². The number of ether oxygens (including phenoxy) is 1. The highest BCUT2D eigenvalue weighted by Crippen LogP contribution is 2.13. The van der Waals surface area contributed by atoms with Crippen molar-refractivity contribution in [1.29, 1.82) is 0 Å². The molecule has 2 aromatic heterocycles. The molecule has 98 valence electrons. The molecule has 6 nitrogen and oxygen atoms in total. The Hall–Kier alpha value is -1.69. The van der Waals surface area contributed by atoms with Gasteiger partial charge in [-0.15, -0.1) is 0 Å². The summed E-state index contributed by atoms with van der Waals surface area (Å²) in [6.07, 6.45) is 6.41. The van der Waals surface area contributed by atoms with Gasteiger partial charge in [0.1, 0.15) is 11.8 Å².